The van der Waals surface area contributed by atoms with Crippen LogP contribution in [0, 0.1) is 13.8 Å². The maximum absolute atomic E-state index is 12.0. The normalized spacial score (nSPS) is 10.5. The first-order valence-electron chi connectivity index (χ1n) is 5.96. The Kier molecular flexibility index (Phi) is 3.50. The van der Waals surface area contributed by atoms with E-state index in [2.05, 4.69) is 15.4 Å². The second-order valence-corrected chi connectivity index (χ2v) is 4.38. The van der Waals surface area contributed by atoms with Crippen molar-refractivity contribution in [2.45, 2.75) is 20.4 Å². The zero-order chi connectivity index (χ0) is 14.0. The molecule has 0 saturated carbocycles. The number of nitrogens with one attached hydrogen (secondary N) is 2. The summed E-state index contributed by atoms with van der Waals surface area (Å²) in [6.07, 6.45) is 1.67. The van der Waals surface area contributed by atoms with E-state index in [1.165, 1.54) is 4.68 Å². The van der Waals surface area contributed by atoms with Gasteiger partial charge in [0.25, 0.3) is 11.1 Å². The second-order valence-electron chi connectivity index (χ2n) is 4.38. The van der Waals surface area contributed by atoms with Crippen molar-refractivity contribution in [2.24, 2.45) is 0 Å². The summed E-state index contributed by atoms with van der Waals surface area (Å²) in [6.45, 7) is 3.60. The Hall–Kier alpha value is -2.37. The minimum Gasteiger partial charge on any atom is -0.373 e. The van der Waals surface area contributed by atoms with E-state index in [4.69, 9.17) is 0 Å². The van der Waals surface area contributed by atoms with E-state index in [1.54, 1.807) is 27.1 Å². The lowest BCUT2D eigenvalue weighted by atomic mass is 10.2. The molecule has 0 saturated heterocycles. The summed E-state index contributed by atoms with van der Waals surface area (Å²) in [7, 11) is 1.79. The molecule has 0 fully saturated rings. The molecule has 0 aliphatic carbocycles. The number of anilines is 1. The van der Waals surface area contributed by atoms with Gasteiger partial charge in [0.05, 0.1) is 6.54 Å². The molecule has 6 nitrogen and oxygen atoms in total. The van der Waals surface area contributed by atoms with E-state index in [-0.39, 0.29) is 11.1 Å². The molecule has 100 valence electrons. The highest BCUT2D eigenvalue weighted by atomic mass is 16.2. The van der Waals surface area contributed by atoms with Crippen molar-refractivity contribution < 1.29 is 0 Å². The van der Waals surface area contributed by atoms with Gasteiger partial charge in [0, 0.05) is 24.4 Å². The van der Waals surface area contributed by atoms with Crippen LogP contribution in [0.25, 0.3) is 0 Å². The summed E-state index contributed by atoms with van der Waals surface area (Å²) in [6, 6.07) is 3.68. The SMILES string of the molecule is CNc1ccc(Cn2[nH]c(=O)c(C)c(C)c2=O)cn1. The number of hydrogen-bond donors (Lipinski definition) is 2. The zero-order valence-electron chi connectivity index (χ0n) is 11.2. The van der Waals surface area contributed by atoms with Gasteiger partial charge in [-0.05, 0) is 25.5 Å². The molecule has 0 spiro atoms. The topological polar surface area (TPSA) is 79.8 Å². The zero-order valence-corrected chi connectivity index (χ0v) is 11.2. The number of H-pyrrole nitrogens is 1. The van der Waals surface area contributed by atoms with Crippen LogP contribution in [0.1, 0.15) is 16.7 Å². The average Bonchev–Trinajstić information content (AvgIpc) is 2.43. The van der Waals surface area contributed by atoms with Crippen LogP contribution in [0.4, 0.5) is 5.82 Å². The van der Waals surface area contributed by atoms with Crippen molar-refractivity contribution in [3.63, 3.8) is 0 Å². The number of hydrogen-bond acceptors (Lipinski definition) is 4. The molecule has 0 unspecified atom stereocenters. The fourth-order valence-corrected chi connectivity index (χ4v) is 1.75. The van der Waals surface area contributed by atoms with Crippen LogP contribution in [-0.2, 0) is 6.54 Å². The average molecular weight is 260 g/mol. The molecule has 0 amide bonds. The summed E-state index contributed by atoms with van der Waals surface area (Å²) in [4.78, 5) is 27.9. The van der Waals surface area contributed by atoms with Crippen LogP contribution in [0.3, 0.4) is 0 Å². The Morgan fingerprint density at radius 3 is 2.58 bits per heavy atom. The molecule has 0 radical (unpaired) electrons. The van der Waals surface area contributed by atoms with Crippen molar-refractivity contribution in [3.8, 4) is 0 Å². The highest BCUT2D eigenvalue weighted by molar-refractivity contribution is 5.34. The van der Waals surface area contributed by atoms with Gasteiger partial charge in [0.2, 0.25) is 0 Å². The fourth-order valence-electron chi connectivity index (χ4n) is 1.75. The Morgan fingerprint density at radius 1 is 1.26 bits per heavy atom. The van der Waals surface area contributed by atoms with Crippen molar-refractivity contribution in [1.29, 1.82) is 0 Å². The van der Waals surface area contributed by atoms with Gasteiger partial charge in [-0.2, -0.15) is 0 Å². The minimum absolute atomic E-state index is 0.185. The van der Waals surface area contributed by atoms with Gasteiger partial charge in [0.1, 0.15) is 5.82 Å². The molecular formula is C13H16N4O2. The summed E-state index contributed by atoms with van der Waals surface area (Å²) in [5.74, 6) is 0.754. The van der Waals surface area contributed by atoms with E-state index in [0.717, 1.165) is 11.4 Å². The van der Waals surface area contributed by atoms with Gasteiger partial charge < -0.3 is 5.32 Å². The van der Waals surface area contributed by atoms with Crippen molar-refractivity contribution in [1.82, 2.24) is 14.8 Å². The highest BCUT2D eigenvalue weighted by Gasteiger charge is 2.07. The molecule has 0 atom stereocenters. The Bertz CT molecular complexity index is 698. The first-order valence-corrected chi connectivity index (χ1v) is 5.96. The fraction of sp³-hybridized carbons (Fsp3) is 0.308. The summed E-state index contributed by atoms with van der Waals surface area (Å²) in [5, 5.41) is 5.48. The number of nitrogens with zero attached hydrogens (tertiary/aromatic N) is 2. The molecule has 2 N–H and O–H groups in total. The standard InChI is InChI=1S/C13H16N4O2/c1-8-9(2)13(19)17(16-12(8)18)7-10-4-5-11(14-3)15-6-10/h4-6H,7H2,1-3H3,(H,14,15)(H,16,18). The molecule has 2 heterocycles. The number of aromatic amines is 1. The summed E-state index contributed by atoms with van der Waals surface area (Å²) >= 11 is 0. The van der Waals surface area contributed by atoms with Gasteiger partial charge in [-0.15, -0.1) is 0 Å². The molecule has 2 aromatic rings. The lowest BCUT2D eigenvalue weighted by Crippen LogP contribution is -2.33. The van der Waals surface area contributed by atoms with E-state index < -0.39 is 0 Å². The third-order valence-corrected chi connectivity index (χ3v) is 3.13. The largest absolute Gasteiger partial charge is 0.373 e. The minimum atomic E-state index is -0.239. The van der Waals surface area contributed by atoms with Crippen molar-refractivity contribution >= 4 is 5.82 Å². The predicted molar refractivity (Wildman–Crippen MR) is 73.7 cm³/mol. The summed E-state index contributed by atoms with van der Waals surface area (Å²) in [5.41, 5.74) is 1.36. The van der Waals surface area contributed by atoms with Gasteiger partial charge in [-0.3, -0.25) is 14.7 Å². The molecule has 0 aliphatic rings. The Balaban J connectivity index is 2.38. The predicted octanol–water partition coefficient (Wildman–Crippen LogP) is 0.638. The lowest BCUT2D eigenvalue weighted by molar-refractivity contribution is 0.617. The van der Waals surface area contributed by atoms with Gasteiger partial charge in [0.15, 0.2) is 0 Å². The molecular weight excluding hydrogens is 244 g/mol. The van der Waals surface area contributed by atoms with Gasteiger partial charge in [-0.1, -0.05) is 6.07 Å². The Morgan fingerprint density at radius 2 is 2.00 bits per heavy atom. The highest BCUT2D eigenvalue weighted by Crippen LogP contribution is 2.04. The van der Waals surface area contributed by atoms with E-state index >= 15 is 0 Å². The lowest BCUT2D eigenvalue weighted by Gasteiger charge is -2.08. The third kappa shape index (κ3) is 2.57. The maximum atomic E-state index is 12.0. The first kappa shape index (κ1) is 13.1. The van der Waals surface area contributed by atoms with E-state index in [1.807, 2.05) is 12.1 Å². The van der Waals surface area contributed by atoms with Gasteiger partial charge in [-0.25, -0.2) is 9.67 Å². The van der Waals surface area contributed by atoms with Crippen LogP contribution in [0.15, 0.2) is 27.9 Å². The number of pyridine rings is 1. The molecule has 0 aromatic carbocycles. The number of rotatable bonds is 3. The first-order chi connectivity index (χ1) is 9.02. The molecule has 2 aromatic heterocycles. The Labute approximate surface area is 110 Å². The van der Waals surface area contributed by atoms with Crippen molar-refractivity contribution in [3.05, 3.63) is 55.7 Å². The van der Waals surface area contributed by atoms with E-state index in [9.17, 15) is 9.59 Å². The molecule has 19 heavy (non-hydrogen) atoms. The van der Waals surface area contributed by atoms with Gasteiger partial charge >= 0.3 is 0 Å². The second kappa shape index (κ2) is 5.09. The van der Waals surface area contributed by atoms with E-state index in [0.29, 0.717) is 17.7 Å². The van der Waals surface area contributed by atoms with Crippen LogP contribution < -0.4 is 16.4 Å². The van der Waals surface area contributed by atoms with Crippen LogP contribution >= 0.6 is 0 Å². The quantitative estimate of drug-likeness (QED) is 0.848. The maximum Gasteiger partial charge on any atom is 0.268 e. The number of aromatic nitrogens is 3. The van der Waals surface area contributed by atoms with Crippen LogP contribution in [0.2, 0.25) is 0 Å². The summed E-state index contributed by atoms with van der Waals surface area (Å²) < 4.78 is 1.31. The molecule has 2 rings (SSSR count). The molecule has 0 aliphatic heterocycles. The molecule has 0 bridgehead atoms. The van der Waals surface area contributed by atoms with Crippen molar-refractivity contribution in [2.75, 3.05) is 12.4 Å². The monoisotopic (exact) mass is 260 g/mol. The third-order valence-electron chi connectivity index (χ3n) is 3.13. The smallest absolute Gasteiger partial charge is 0.268 e. The van der Waals surface area contributed by atoms with Crippen LogP contribution in [-0.4, -0.2) is 21.8 Å². The van der Waals surface area contributed by atoms with Crippen LogP contribution in [0.5, 0.6) is 0 Å². The molecule has 6 heteroatoms.